The van der Waals surface area contributed by atoms with Crippen LogP contribution in [0.4, 0.5) is 5.69 Å². The quantitative estimate of drug-likeness (QED) is 0.319. The highest BCUT2D eigenvalue weighted by atomic mass is 32.2. The Morgan fingerprint density at radius 1 is 1.17 bits per heavy atom. The van der Waals surface area contributed by atoms with Crippen LogP contribution in [0.15, 0.2) is 53.6 Å². The maximum Gasteiger partial charge on any atom is 0.260 e. The molecular formula is C24H30N4O7S. The molecular weight excluding hydrogens is 488 g/mol. The average Bonchev–Trinajstić information content (AvgIpc) is 3.39. The Labute approximate surface area is 210 Å². The van der Waals surface area contributed by atoms with Crippen LogP contribution in [-0.4, -0.2) is 72.2 Å². The minimum Gasteiger partial charge on any atom is -0.495 e. The summed E-state index contributed by atoms with van der Waals surface area (Å²) in [4.78, 5) is 24.3. The number of methoxy groups -OCH3 is 1. The van der Waals surface area contributed by atoms with Crippen LogP contribution in [0, 0.1) is 0 Å². The van der Waals surface area contributed by atoms with Crippen LogP contribution in [0.5, 0.6) is 11.5 Å². The monoisotopic (exact) mass is 518 g/mol. The predicted octanol–water partition coefficient (Wildman–Crippen LogP) is 1.29. The Morgan fingerprint density at radius 3 is 2.58 bits per heavy atom. The molecule has 36 heavy (non-hydrogen) atoms. The van der Waals surface area contributed by atoms with E-state index in [0.717, 1.165) is 30.0 Å². The fourth-order valence-electron chi connectivity index (χ4n) is 3.44. The summed E-state index contributed by atoms with van der Waals surface area (Å²) in [6.45, 7) is 0.625. The lowest BCUT2D eigenvalue weighted by Gasteiger charge is -2.23. The van der Waals surface area contributed by atoms with Crippen molar-refractivity contribution in [2.24, 2.45) is 5.10 Å². The number of hydrogen-bond acceptors (Lipinski definition) is 8. The molecule has 1 aliphatic heterocycles. The highest BCUT2D eigenvalue weighted by Gasteiger charge is 2.23. The number of sulfonamides is 1. The van der Waals surface area contributed by atoms with Gasteiger partial charge in [-0.25, -0.2) is 13.8 Å². The van der Waals surface area contributed by atoms with Crippen LogP contribution in [0.1, 0.15) is 18.4 Å². The lowest BCUT2D eigenvalue weighted by Crippen LogP contribution is -2.39. The number of para-hydroxylation sites is 2. The lowest BCUT2D eigenvalue weighted by atomic mass is 10.2. The summed E-state index contributed by atoms with van der Waals surface area (Å²) >= 11 is 0. The van der Waals surface area contributed by atoms with E-state index in [4.69, 9.17) is 14.2 Å². The Balaban J connectivity index is 1.47. The van der Waals surface area contributed by atoms with Crippen molar-refractivity contribution in [3.8, 4) is 11.5 Å². The van der Waals surface area contributed by atoms with E-state index in [0.29, 0.717) is 23.6 Å². The van der Waals surface area contributed by atoms with E-state index in [1.54, 1.807) is 48.5 Å². The van der Waals surface area contributed by atoms with E-state index in [-0.39, 0.29) is 24.3 Å². The van der Waals surface area contributed by atoms with Gasteiger partial charge in [0, 0.05) is 13.2 Å². The molecule has 1 saturated heterocycles. The Hall–Kier alpha value is -3.64. The van der Waals surface area contributed by atoms with Gasteiger partial charge >= 0.3 is 0 Å². The molecule has 2 N–H and O–H groups in total. The second-order valence-electron chi connectivity index (χ2n) is 8.03. The first-order valence-corrected chi connectivity index (χ1v) is 13.1. The Morgan fingerprint density at radius 2 is 1.92 bits per heavy atom. The minimum atomic E-state index is -3.76. The molecule has 1 heterocycles. The van der Waals surface area contributed by atoms with Gasteiger partial charge in [-0.05, 0) is 54.8 Å². The van der Waals surface area contributed by atoms with Crippen molar-refractivity contribution < 1.29 is 32.2 Å². The van der Waals surface area contributed by atoms with Gasteiger partial charge < -0.3 is 19.5 Å². The molecule has 12 heteroatoms. The predicted molar refractivity (Wildman–Crippen MR) is 135 cm³/mol. The number of ether oxygens (including phenoxy) is 3. The number of hydrogen-bond donors (Lipinski definition) is 2. The lowest BCUT2D eigenvalue weighted by molar-refractivity contribution is -0.123. The summed E-state index contributed by atoms with van der Waals surface area (Å²) in [6.07, 6.45) is 4.45. The number of hydrazone groups is 1. The van der Waals surface area contributed by atoms with Gasteiger partial charge in [-0.15, -0.1) is 0 Å². The maximum absolute atomic E-state index is 12.4. The molecule has 11 nitrogen and oxygen atoms in total. The molecule has 0 saturated carbocycles. The summed E-state index contributed by atoms with van der Waals surface area (Å²) in [5, 5.41) is 6.67. The first-order valence-electron chi connectivity index (χ1n) is 11.3. The van der Waals surface area contributed by atoms with Crippen LogP contribution in [0.2, 0.25) is 0 Å². The highest BCUT2D eigenvalue weighted by molar-refractivity contribution is 7.92. The summed E-state index contributed by atoms with van der Waals surface area (Å²) in [6, 6.07) is 13.2. The van der Waals surface area contributed by atoms with Gasteiger partial charge in [-0.2, -0.15) is 5.10 Å². The summed E-state index contributed by atoms with van der Waals surface area (Å²) < 4.78 is 41.6. The number of benzene rings is 2. The smallest absolute Gasteiger partial charge is 0.260 e. The molecule has 2 amide bonds. The van der Waals surface area contributed by atoms with Crippen molar-refractivity contribution in [2.75, 3.05) is 44.0 Å². The van der Waals surface area contributed by atoms with Crippen LogP contribution in [-0.2, 0) is 24.3 Å². The van der Waals surface area contributed by atoms with Gasteiger partial charge in [0.1, 0.15) is 18.0 Å². The van der Waals surface area contributed by atoms with Crippen LogP contribution >= 0.6 is 0 Å². The number of nitrogens with one attached hydrogen (secondary N) is 2. The fraction of sp³-hybridized carbons (Fsp3) is 0.375. The molecule has 1 atom stereocenters. The third kappa shape index (κ3) is 8.24. The van der Waals surface area contributed by atoms with E-state index in [1.165, 1.54) is 13.3 Å². The molecule has 1 unspecified atom stereocenters. The first-order chi connectivity index (χ1) is 17.3. The van der Waals surface area contributed by atoms with E-state index in [2.05, 4.69) is 15.8 Å². The van der Waals surface area contributed by atoms with Crippen LogP contribution in [0.3, 0.4) is 0 Å². The highest BCUT2D eigenvalue weighted by Crippen LogP contribution is 2.29. The van der Waals surface area contributed by atoms with Gasteiger partial charge in [0.15, 0.2) is 6.61 Å². The van der Waals surface area contributed by atoms with Crippen molar-refractivity contribution >= 4 is 33.7 Å². The van der Waals surface area contributed by atoms with Crippen LogP contribution < -0.4 is 24.5 Å². The molecule has 0 aromatic heterocycles. The van der Waals surface area contributed by atoms with Gasteiger partial charge in [-0.3, -0.25) is 13.9 Å². The minimum absolute atomic E-state index is 0.0728. The Bertz CT molecular complexity index is 1160. The number of rotatable bonds is 12. The SMILES string of the molecule is COc1ccccc1N(CC(=O)N/N=C/c1ccc(OCC(=O)NCC2CCCO2)cc1)S(C)(=O)=O. The fourth-order valence-corrected chi connectivity index (χ4v) is 4.30. The van der Waals surface area contributed by atoms with Crippen LogP contribution in [0.25, 0.3) is 0 Å². The third-order valence-corrected chi connectivity index (χ3v) is 6.37. The molecule has 1 aliphatic rings. The number of amides is 2. The third-order valence-electron chi connectivity index (χ3n) is 5.25. The van der Waals surface area contributed by atoms with Crippen molar-refractivity contribution in [3.63, 3.8) is 0 Å². The van der Waals surface area contributed by atoms with E-state index in [9.17, 15) is 18.0 Å². The zero-order valence-electron chi connectivity index (χ0n) is 20.2. The molecule has 1 fully saturated rings. The van der Waals surface area contributed by atoms with Crippen molar-refractivity contribution in [1.82, 2.24) is 10.7 Å². The van der Waals surface area contributed by atoms with Gasteiger partial charge in [-0.1, -0.05) is 12.1 Å². The molecule has 2 aromatic rings. The summed E-state index contributed by atoms with van der Waals surface area (Å²) in [5.74, 6) is -0.0300. The second kappa shape index (κ2) is 12.9. The molecule has 0 aliphatic carbocycles. The van der Waals surface area contributed by atoms with Gasteiger partial charge in [0.25, 0.3) is 11.8 Å². The van der Waals surface area contributed by atoms with Crippen molar-refractivity contribution in [2.45, 2.75) is 18.9 Å². The number of nitrogens with zero attached hydrogens (tertiary/aromatic N) is 2. The second-order valence-corrected chi connectivity index (χ2v) is 9.94. The number of carbonyl (C=O) groups is 2. The van der Waals surface area contributed by atoms with Crippen molar-refractivity contribution in [3.05, 3.63) is 54.1 Å². The molecule has 0 bridgehead atoms. The molecule has 194 valence electrons. The standard InChI is InChI=1S/C24H30N4O7S/c1-33-22-8-4-3-7-21(22)28(36(2,31)32)16-23(29)27-26-14-18-9-11-19(12-10-18)35-17-24(30)25-15-20-6-5-13-34-20/h3-4,7-12,14,20H,5-6,13,15-17H2,1-2H3,(H,25,30)(H,27,29)/b26-14+. The maximum atomic E-state index is 12.4. The zero-order chi connectivity index (χ0) is 26.0. The topological polar surface area (TPSA) is 136 Å². The Kier molecular flexibility index (Phi) is 9.65. The van der Waals surface area contributed by atoms with E-state index < -0.39 is 22.5 Å². The normalized spacial score (nSPS) is 15.4. The number of anilines is 1. The summed E-state index contributed by atoms with van der Waals surface area (Å²) in [5.41, 5.74) is 3.23. The molecule has 2 aromatic carbocycles. The van der Waals surface area contributed by atoms with Crippen molar-refractivity contribution in [1.29, 1.82) is 0 Å². The largest absolute Gasteiger partial charge is 0.495 e. The molecule has 0 spiro atoms. The van der Waals surface area contributed by atoms with E-state index in [1.807, 2.05) is 0 Å². The first kappa shape index (κ1) is 27.0. The molecule has 3 rings (SSSR count). The van der Waals surface area contributed by atoms with E-state index >= 15 is 0 Å². The zero-order valence-corrected chi connectivity index (χ0v) is 21.0. The number of carbonyl (C=O) groups excluding carboxylic acids is 2. The van der Waals surface area contributed by atoms with Gasteiger partial charge in [0.2, 0.25) is 10.0 Å². The molecule has 0 radical (unpaired) electrons. The average molecular weight is 519 g/mol. The summed E-state index contributed by atoms with van der Waals surface area (Å²) in [7, 11) is -2.34. The van der Waals surface area contributed by atoms with Gasteiger partial charge in [0.05, 0.1) is 31.4 Å².